The van der Waals surface area contributed by atoms with Crippen LogP contribution in [0.4, 0.5) is 5.82 Å². The number of hydrogen-bond acceptors (Lipinski definition) is 5. The lowest BCUT2D eigenvalue weighted by atomic mass is 9.99. The van der Waals surface area contributed by atoms with Crippen molar-refractivity contribution in [3.05, 3.63) is 87.3 Å². The minimum atomic E-state index is -0.642. The molecular weight excluding hydrogens is 452 g/mol. The van der Waals surface area contributed by atoms with Crippen LogP contribution in [0.5, 0.6) is 0 Å². The maximum absolute atomic E-state index is 13.4. The van der Waals surface area contributed by atoms with Crippen molar-refractivity contribution in [3.8, 4) is 0 Å². The molecule has 9 heteroatoms. The molecule has 4 aromatic rings. The van der Waals surface area contributed by atoms with Crippen LogP contribution in [0.2, 0.25) is 5.15 Å². The molecule has 1 amide bonds. The number of benzene rings is 1. The molecule has 34 heavy (non-hydrogen) atoms. The van der Waals surface area contributed by atoms with Crippen molar-refractivity contribution >= 4 is 34.2 Å². The first kappa shape index (κ1) is 22.2. The fraction of sp³-hybridized carbons (Fsp3) is 0.280. The molecule has 0 spiro atoms. The molecule has 1 aliphatic rings. The monoisotopic (exact) mass is 476 g/mol. The standard InChI is InChI=1S/C25H25ClN6O2/c1-2-16-11-20(24(33)29-14-18-10-17-13-27-9-8-19(17)30-18)32-21(16)22(26)31-23(25(32)34)28-12-15-6-4-3-5-7-15/h3-10,13,16,20,30H,2,11-12,14H2,1H3,(H,28,31)(H,29,33)/t16-,20?/m0/s1. The van der Waals surface area contributed by atoms with Gasteiger partial charge in [0.25, 0.3) is 5.56 Å². The van der Waals surface area contributed by atoms with E-state index in [4.69, 9.17) is 11.6 Å². The third-order valence-electron chi connectivity index (χ3n) is 6.34. The highest BCUT2D eigenvalue weighted by atomic mass is 35.5. The topological polar surface area (TPSA) is 105 Å². The first-order valence-electron chi connectivity index (χ1n) is 11.3. The lowest BCUT2D eigenvalue weighted by molar-refractivity contribution is -0.124. The molecule has 1 unspecified atom stereocenters. The second-order valence-corrected chi connectivity index (χ2v) is 8.84. The van der Waals surface area contributed by atoms with Crippen molar-refractivity contribution in [2.24, 2.45) is 0 Å². The van der Waals surface area contributed by atoms with Crippen molar-refractivity contribution in [1.82, 2.24) is 24.8 Å². The van der Waals surface area contributed by atoms with Gasteiger partial charge in [0.1, 0.15) is 6.04 Å². The second-order valence-electron chi connectivity index (χ2n) is 8.48. The number of amides is 1. The second kappa shape index (κ2) is 9.30. The number of carbonyl (C=O) groups excluding carboxylic acids is 1. The van der Waals surface area contributed by atoms with Crippen LogP contribution in [0.25, 0.3) is 10.9 Å². The van der Waals surface area contributed by atoms with Crippen molar-refractivity contribution in [2.45, 2.75) is 44.8 Å². The molecule has 0 fully saturated rings. The predicted octanol–water partition coefficient (Wildman–Crippen LogP) is 4.14. The first-order valence-corrected chi connectivity index (χ1v) is 11.7. The van der Waals surface area contributed by atoms with Gasteiger partial charge in [0, 0.05) is 41.5 Å². The molecular formula is C25H25ClN6O2. The smallest absolute Gasteiger partial charge is 0.294 e. The van der Waals surface area contributed by atoms with E-state index < -0.39 is 6.04 Å². The first-order chi connectivity index (χ1) is 16.5. The molecule has 0 saturated carbocycles. The van der Waals surface area contributed by atoms with Gasteiger partial charge in [0.05, 0.1) is 12.2 Å². The molecule has 3 N–H and O–H groups in total. The lowest BCUT2D eigenvalue weighted by Crippen LogP contribution is -2.36. The number of anilines is 1. The molecule has 8 nitrogen and oxygen atoms in total. The molecule has 4 heterocycles. The van der Waals surface area contributed by atoms with Gasteiger partial charge in [-0.05, 0) is 30.5 Å². The number of nitrogens with one attached hydrogen (secondary N) is 3. The van der Waals surface area contributed by atoms with Crippen LogP contribution in [-0.2, 0) is 17.9 Å². The van der Waals surface area contributed by atoms with Crippen molar-refractivity contribution in [1.29, 1.82) is 0 Å². The SMILES string of the molecule is CC[C@H]1CC(C(=O)NCc2cc3cnccc3[nH]2)n2c1c(Cl)nc(NCc1ccccc1)c2=O. The summed E-state index contributed by atoms with van der Waals surface area (Å²) in [5.74, 6) is -0.0756. The van der Waals surface area contributed by atoms with Crippen molar-refractivity contribution in [3.63, 3.8) is 0 Å². The van der Waals surface area contributed by atoms with E-state index in [9.17, 15) is 9.59 Å². The van der Waals surface area contributed by atoms with Gasteiger partial charge in [-0.2, -0.15) is 0 Å². The minimum absolute atomic E-state index is 0.00854. The van der Waals surface area contributed by atoms with Gasteiger partial charge >= 0.3 is 0 Å². The highest BCUT2D eigenvalue weighted by Gasteiger charge is 2.38. The van der Waals surface area contributed by atoms with E-state index in [0.29, 0.717) is 25.2 Å². The van der Waals surface area contributed by atoms with Gasteiger partial charge in [-0.1, -0.05) is 48.9 Å². The normalized spacial score (nSPS) is 17.0. The van der Waals surface area contributed by atoms with Crippen LogP contribution < -0.4 is 16.2 Å². The number of aromatic amines is 1. The number of rotatable bonds is 7. The Bertz CT molecular complexity index is 1360. The third kappa shape index (κ3) is 4.17. The maximum Gasteiger partial charge on any atom is 0.294 e. The molecule has 1 aliphatic heterocycles. The zero-order chi connectivity index (χ0) is 23.7. The maximum atomic E-state index is 13.4. The van der Waals surface area contributed by atoms with Crippen molar-refractivity contribution in [2.75, 3.05) is 5.32 Å². The number of aromatic nitrogens is 4. The summed E-state index contributed by atoms with van der Waals surface area (Å²) >= 11 is 6.54. The summed E-state index contributed by atoms with van der Waals surface area (Å²) in [4.78, 5) is 38.4. The summed E-state index contributed by atoms with van der Waals surface area (Å²) in [5, 5.41) is 7.31. The summed E-state index contributed by atoms with van der Waals surface area (Å²) < 4.78 is 1.53. The fourth-order valence-corrected chi connectivity index (χ4v) is 4.93. The van der Waals surface area contributed by atoms with Gasteiger partial charge in [-0.25, -0.2) is 4.98 Å². The van der Waals surface area contributed by atoms with Gasteiger partial charge in [0.15, 0.2) is 11.0 Å². The number of halogens is 1. The Labute approximate surface area is 201 Å². The largest absolute Gasteiger partial charge is 0.361 e. The molecule has 0 saturated heterocycles. The van der Waals surface area contributed by atoms with Crippen LogP contribution in [0.15, 0.2) is 59.7 Å². The highest BCUT2D eigenvalue weighted by molar-refractivity contribution is 6.30. The number of pyridine rings is 1. The van der Waals surface area contributed by atoms with Gasteiger partial charge < -0.3 is 15.6 Å². The zero-order valence-electron chi connectivity index (χ0n) is 18.7. The Balaban J connectivity index is 1.39. The predicted molar refractivity (Wildman–Crippen MR) is 132 cm³/mol. The van der Waals surface area contributed by atoms with E-state index in [2.05, 4.69) is 25.6 Å². The third-order valence-corrected chi connectivity index (χ3v) is 6.61. The van der Waals surface area contributed by atoms with Gasteiger partial charge in [-0.15, -0.1) is 0 Å². The van der Waals surface area contributed by atoms with Crippen LogP contribution in [0.1, 0.15) is 48.7 Å². The molecule has 5 rings (SSSR count). The lowest BCUT2D eigenvalue weighted by Gasteiger charge is -2.16. The zero-order valence-corrected chi connectivity index (χ0v) is 19.5. The van der Waals surface area contributed by atoms with E-state index in [1.165, 1.54) is 4.57 Å². The summed E-state index contributed by atoms with van der Waals surface area (Å²) in [6.07, 6.45) is 4.76. The molecule has 3 aromatic heterocycles. The Kier molecular flexibility index (Phi) is 6.06. The number of fused-ring (bicyclic) bond motifs is 2. The molecule has 174 valence electrons. The Hall–Kier alpha value is -3.65. The Morgan fingerprint density at radius 2 is 2.06 bits per heavy atom. The summed E-state index contributed by atoms with van der Waals surface area (Å²) in [7, 11) is 0. The Morgan fingerprint density at radius 3 is 2.82 bits per heavy atom. The molecule has 0 bridgehead atoms. The van der Waals surface area contributed by atoms with Crippen LogP contribution in [0.3, 0.4) is 0 Å². The summed E-state index contributed by atoms with van der Waals surface area (Å²) in [5.41, 5.74) is 3.14. The minimum Gasteiger partial charge on any atom is -0.361 e. The summed E-state index contributed by atoms with van der Waals surface area (Å²) in [6.45, 7) is 2.78. The molecule has 0 radical (unpaired) electrons. The van der Waals surface area contributed by atoms with E-state index >= 15 is 0 Å². The molecule has 0 aliphatic carbocycles. The number of nitrogens with zero attached hydrogens (tertiary/aromatic N) is 3. The number of H-pyrrole nitrogens is 1. The number of hydrogen-bond donors (Lipinski definition) is 3. The van der Waals surface area contributed by atoms with Gasteiger partial charge in [-0.3, -0.25) is 19.1 Å². The van der Waals surface area contributed by atoms with E-state index in [1.807, 2.05) is 49.4 Å². The molecule has 2 atom stereocenters. The average Bonchev–Trinajstić information content (AvgIpc) is 3.46. The van der Waals surface area contributed by atoms with Gasteiger partial charge in [0.2, 0.25) is 5.91 Å². The summed E-state index contributed by atoms with van der Waals surface area (Å²) in [6, 6.07) is 12.9. The van der Waals surface area contributed by atoms with Crippen LogP contribution in [-0.4, -0.2) is 25.4 Å². The Morgan fingerprint density at radius 1 is 1.24 bits per heavy atom. The average molecular weight is 477 g/mol. The molecule has 1 aromatic carbocycles. The van der Waals surface area contributed by atoms with Crippen LogP contribution in [0, 0.1) is 0 Å². The van der Waals surface area contributed by atoms with E-state index in [-0.39, 0.29) is 28.4 Å². The highest BCUT2D eigenvalue weighted by Crippen LogP contribution is 2.40. The van der Waals surface area contributed by atoms with Crippen LogP contribution >= 0.6 is 11.6 Å². The quantitative estimate of drug-likeness (QED) is 0.372. The van der Waals surface area contributed by atoms with E-state index in [0.717, 1.165) is 28.6 Å². The number of carbonyl (C=O) groups is 1. The van der Waals surface area contributed by atoms with Crippen molar-refractivity contribution < 1.29 is 4.79 Å². The van der Waals surface area contributed by atoms with E-state index in [1.54, 1.807) is 12.4 Å². The fourth-order valence-electron chi connectivity index (χ4n) is 4.60.